The third-order valence-electron chi connectivity index (χ3n) is 3.28. The summed E-state index contributed by atoms with van der Waals surface area (Å²) >= 11 is 0. The molecule has 16 heavy (non-hydrogen) atoms. The van der Waals surface area contributed by atoms with Gasteiger partial charge in [0.05, 0.1) is 5.69 Å². The summed E-state index contributed by atoms with van der Waals surface area (Å²) < 4.78 is 1.80. The lowest BCUT2D eigenvalue weighted by Crippen LogP contribution is -2.29. The number of fused-ring (bicyclic) bond motifs is 1. The molecule has 1 N–H and O–H groups in total. The van der Waals surface area contributed by atoms with E-state index in [2.05, 4.69) is 10.4 Å². The van der Waals surface area contributed by atoms with Crippen LogP contribution in [0.5, 0.6) is 0 Å². The van der Waals surface area contributed by atoms with E-state index in [9.17, 15) is 4.79 Å². The van der Waals surface area contributed by atoms with Crippen LogP contribution in [0.15, 0.2) is 6.20 Å². The van der Waals surface area contributed by atoms with Crippen molar-refractivity contribution >= 4 is 5.91 Å². The first kappa shape index (κ1) is 9.87. The van der Waals surface area contributed by atoms with Crippen molar-refractivity contribution in [2.24, 2.45) is 0 Å². The molecule has 2 aliphatic carbocycles. The Morgan fingerprint density at radius 1 is 1.44 bits per heavy atom. The largest absolute Gasteiger partial charge is 0.352 e. The normalized spacial score (nSPS) is 19.2. The highest BCUT2D eigenvalue weighted by Gasteiger charge is 2.23. The zero-order valence-corrected chi connectivity index (χ0v) is 9.41. The van der Waals surface area contributed by atoms with Crippen molar-refractivity contribution in [1.29, 1.82) is 0 Å². The van der Waals surface area contributed by atoms with Crippen molar-refractivity contribution in [2.75, 3.05) is 0 Å². The smallest absolute Gasteiger partial charge is 0.241 e. The minimum Gasteiger partial charge on any atom is -0.352 e. The van der Waals surface area contributed by atoms with Gasteiger partial charge in [-0.15, -0.1) is 0 Å². The topological polar surface area (TPSA) is 46.9 Å². The molecule has 0 unspecified atom stereocenters. The van der Waals surface area contributed by atoms with Crippen LogP contribution >= 0.6 is 0 Å². The molecule has 0 bridgehead atoms. The van der Waals surface area contributed by atoms with Gasteiger partial charge >= 0.3 is 0 Å². The lowest BCUT2D eigenvalue weighted by atomic mass is 9.99. The highest BCUT2D eigenvalue weighted by atomic mass is 16.2. The molecule has 0 aromatic carbocycles. The van der Waals surface area contributed by atoms with E-state index in [-0.39, 0.29) is 5.91 Å². The fraction of sp³-hybridized carbons (Fsp3) is 0.667. The second-order valence-corrected chi connectivity index (χ2v) is 4.85. The minimum atomic E-state index is 0.0994. The van der Waals surface area contributed by atoms with Gasteiger partial charge in [-0.05, 0) is 44.1 Å². The standard InChI is InChI=1S/C12H17N3O/c16-12(13-10-5-6-10)8-15-7-9-3-1-2-4-11(9)14-15/h7,10H,1-6,8H2,(H,13,16). The molecule has 1 heterocycles. The maximum atomic E-state index is 11.6. The van der Waals surface area contributed by atoms with Crippen LogP contribution in [0, 0.1) is 0 Å². The van der Waals surface area contributed by atoms with Crippen LogP contribution in [-0.4, -0.2) is 21.7 Å². The molecule has 0 saturated heterocycles. The van der Waals surface area contributed by atoms with Crippen LogP contribution in [0.1, 0.15) is 36.9 Å². The van der Waals surface area contributed by atoms with Gasteiger partial charge in [-0.1, -0.05) is 0 Å². The molecule has 1 amide bonds. The quantitative estimate of drug-likeness (QED) is 0.825. The van der Waals surface area contributed by atoms with Crippen LogP contribution in [0.25, 0.3) is 0 Å². The van der Waals surface area contributed by atoms with E-state index in [1.807, 2.05) is 6.20 Å². The van der Waals surface area contributed by atoms with Crippen molar-refractivity contribution in [2.45, 2.75) is 51.1 Å². The average molecular weight is 219 g/mol. The Bertz CT molecular complexity index is 383. The summed E-state index contributed by atoms with van der Waals surface area (Å²) in [5.74, 6) is 0.0994. The molecular weight excluding hydrogens is 202 g/mol. The molecule has 0 aliphatic heterocycles. The molecule has 4 nitrogen and oxygen atoms in total. The average Bonchev–Trinajstić information content (AvgIpc) is 2.97. The van der Waals surface area contributed by atoms with Crippen molar-refractivity contribution < 1.29 is 4.79 Å². The van der Waals surface area contributed by atoms with Crippen LogP contribution in [0.2, 0.25) is 0 Å². The number of nitrogens with zero attached hydrogens (tertiary/aromatic N) is 2. The zero-order valence-electron chi connectivity index (χ0n) is 9.41. The Labute approximate surface area is 95.0 Å². The van der Waals surface area contributed by atoms with Crippen molar-refractivity contribution in [1.82, 2.24) is 15.1 Å². The van der Waals surface area contributed by atoms with E-state index in [1.165, 1.54) is 24.1 Å². The Kier molecular flexibility index (Phi) is 2.42. The summed E-state index contributed by atoms with van der Waals surface area (Å²) in [6.07, 6.45) is 9.01. The lowest BCUT2D eigenvalue weighted by molar-refractivity contribution is -0.122. The summed E-state index contributed by atoms with van der Waals surface area (Å²) in [6, 6.07) is 0.442. The van der Waals surface area contributed by atoms with Gasteiger partial charge in [0.2, 0.25) is 5.91 Å². The third kappa shape index (κ3) is 2.10. The Hall–Kier alpha value is -1.32. The van der Waals surface area contributed by atoms with E-state index < -0.39 is 0 Å². The van der Waals surface area contributed by atoms with Gasteiger partial charge in [-0.25, -0.2) is 0 Å². The second kappa shape index (κ2) is 3.92. The number of rotatable bonds is 3. The third-order valence-corrected chi connectivity index (χ3v) is 3.28. The number of carbonyl (C=O) groups is 1. The summed E-state index contributed by atoms with van der Waals surface area (Å²) in [4.78, 5) is 11.6. The monoisotopic (exact) mass is 219 g/mol. The molecule has 2 aliphatic rings. The molecule has 1 aromatic rings. The molecular formula is C12H17N3O. The highest BCUT2D eigenvalue weighted by molar-refractivity contribution is 5.76. The SMILES string of the molecule is O=C(Cn1cc2c(n1)CCCC2)NC1CC1. The van der Waals surface area contributed by atoms with Gasteiger partial charge < -0.3 is 5.32 Å². The van der Waals surface area contributed by atoms with E-state index in [1.54, 1.807) is 4.68 Å². The van der Waals surface area contributed by atoms with E-state index in [0.717, 1.165) is 25.7 Å². The van der Waals surface area contributed by atoms with Crippen molar-refractivity contribution in [3.8, 4) is 0 Å². The maximum absolute atomic E-state index is 11.6. The summed E-state index contributed by atoms with van der Waals surface area (Å²) in [5.41, 5.74) is 2.54. The first-order valence-electron chi connectivity index (χ1n) is 6.16. The van der Waals surface area contributed by atoms with Crippen LogP contribution in [0.3, 0.4) is 0 Å². The predicted molar refractivity (Wildman–Crippen MR) is 60.0 cm³/mol. The summed E-state index contributed by atoms with van der Waals surface area (Å²) in [5, 5.41) is 7.46. The van der Waals surface area contributed by atoms with Crippen LogP contribution in [0.4, 0.5) is 0 Å². The van der Waals surface area contributed by atoms with E-state index in [4.69, 9.17) is 0 Å². The van der Waals surface area contributed by atoms with E-state index >= 15 is 0 Å². The fourth-order valence-corrected chi connectivity index (χ4v) is 2.26. The molecule has 1 aromatic heterocycles. The molecule has 0 spiro atoms. The van der Waals surface area contributed by atoms with Gasteiger partial charge in [-0.3, -0.25) is 9.48 Å². The van der Waals surface area contributed by atoms with Crippen molar-refractivity contribution in [3.05, 3.63) is 17.5 Å². The molecule has 1 saturated carbocycles. The van der Waals surface area contributed by atoms with Gasteiger partial charge in [0.25, 0.3) is 0 Å². The molecule has 0 atom stereocenters. The van der Waals surface area contributed by atoms with Gasteiger partial charge in [-0.2, -0.15) is 5.10 Å². The first-order valence-corrected chi connectivity index (χ1v) is 6.16. The number of hydrogen-bond donors (Lipinski definition) is 1. The summed E-state index contributed by atoms with van der Waals surface area (Å²) in [6.45, 7) is 0.378. The number of carbonyl (C=O) groups excluding carboxylic acids is 1. The van der Waals surface area contributed by atoms with Gasteiger partial charge in [0.1, 0.15) is 6.54 Å². The molecule has 4 heteroatoms. The maximum Gasteiger partial charge on any atom is 0.241 e. The van der Waals surface area contributed by atoms with Crippen LogP contribution < -0.4 is 5.32 Å². The molecule has 3 rings (SSSR count). The number of aromatic nitrogens is 2. The molecule has 0 radical (unpaired) electrons. The number of nitrogens with one attached hydrogen (secondary N) is 1. The number of hydrogen-bond acceptors (Lipinski definition) is 2. The molecule has 86 valence electrons. The Morgan fingerprint density at radius 2 is 2.25 bits per heavy atom. The summed E-state index contributed by atoms with van der Waals surface area (Å²) in [7, 11) is 0. The first-order chi connectivity index (χ1) is 7.81. The number of amides is 1. The second-order valence-electron chi connectivity index (χ2n) is 4.85. The zero-order chi connectivity index (χ0) is 11.0. The van der Waals surface area contributed by atoms with E-state index in [0.29, 0.717) is 12.6 Å². The van der Waals surface area contributed by atoms with Gasteiger partial charge in [0, 0.05) is 12.2 Å². The number of aryl methyl sites for hydroxylation is 2. The van der Waals surface area contributed by atoms with Gasteiger partial charge in [0.15, 0.2) is 0 Å². The van der Waals surface area contributed by atoms with Crippen LogP contribution in [-0.2, 0) is 24.2 Å². The highest BCUT2D eigenvalue weighted by Crippen LogP contribution is 2.20. The molecule has 1 fully saturated rings. The fourth-order valence-electron chi connectivity index (χ4n) is 2.26. The van der Waals surface area contributed by atoms with Crippen molar-refractivity contribution in [3.63, 3.8) is 0 Å². The lowest BCUT2D eigenvalue weighted by Gasteiger charge is -2.06. The Balaban J connectivity index is 1.64. The minimum absolute atomic E-state index is 0.0994. The Morgan fingerprint density at radius 3 is 3.00 bits per heavy atom. The predicted octanol–water partition coefficient (Wildman–Crippen LogP) is 1.04.